The quantitative estimate of drug-likeness (QED) is 0.247. The van der Waals surface area contributed by atoms with Gasteiger partial charge in [0, 0.05) is 6.54 Å². The number of nitrogens with one attached hydrogen (secondary N) is 1. The van der Waals surface area contributed by atoms with Crippen molar-refractivity contribution < 1.29 is 18.4 Å². The van der Waals surface area contributed by atoms with Crippen LogP contribution in [0.5, 0.6) is 0 Å². The van der Waals surface area contributed by atoms with Gasteiger partial charge in [0.1, 0.15) is 5.92 Å². The lowest BCUT2D eigenvalue weighted by atomic mass is 10.1. The number of alkyl halides is 3. The van der Waals surface area contributed by atoms with Crippen molar-refractivity contribution in [2.24, 2.45) is 16.8 Å². The zero-order valence-corrected chi connectivity index (χ0v) is 11.1. The number of halogens is 3. The van der Waals surface area contributed by atoms with Crippen LogP contribution in [0.2, 0.25) is 0 Å². The van der Waals surface area contributed by atoms with E-state index in [1.807, 2.05) is 31.2 Å². The zero-order chi connectivity index (χ0) is 15.2. The van der Waals surface area contributed by atoms with Gasteiger partial charge in [0.15, 0.2) is 5.84 Å². The standard InChI is InChI=1S/C13H18F3N3O/c1-9-3-2-4-10(7-9)5-6-18-8-11(12(17)19-20)13(14,15)16/h2-4,7,11,18,20H,5-6,8H2,1H3,(H2,17,19). The maximum Gasteiger partial charge on any atom is 0.400 e. The number of rotatable bonds is 6. The normalized spacial score (nSPS) is 14.3. The Balaban J connectivity index is 2.46. The molecule has 20 heavy (non-hydrogen) atoms. The largest absolute Gasteiger partial charge is 0.409 e. The van der Waals surface area contributed by atoms with Crippen LogP contribution in [0.25, 0.3) is 0 Å². The third-order valence-corrected chi connectivity index (χ3v) is 2.89. The molecule has 4 nitrogen and oxygen atoms in total. The number of amidine groups is 1. The first-order valence-electron chi connectivity index (χ1n) is 6.15. The minimum atomic E-state index is -4.54. The fourth-order valence-electron chi connectivity index (χ4n) is 1.80. The molecule has 0 aliphatic heterocycles. The fraction of sp³-hybridized carbons (Fsp3) is 0.462. The van der Waals surface area contributed by atoms with Crippen LogP contribution in [0.1, 0.15) is 11.1 Å². The molecule has 0 bridgehead atoms. The molecule has 0 heterocycles. The van der Waals surface area contributed by atoms with Crippen LogP contribution < -0.4 is 11.1 Å². The average Bonchev–Trinajstić information content (AvgIpc) is 2.36. The molecule has 0 aliphatic rings. The highest BCUT2D eigenvalue weighted by atomic mass is 19.4. The van der Waals surface area contributed by atoms with E-state index in [4.69, 9.17) is 10.9 Å². The third-order valence-electron chi connectivity index (χ3n) is 2.89. The maximum absolute atomic E-state index is 12.6. The molecule has 112 valence electrons. The van der Waals surface area contributed by atoms with Crippen molar-refractivity contribution in [3.8, 4) is 0 Å². The molecule has 1 aromatic rings. The molecule has 1 aromatic carbocycles. The van der Waals surface area contributed by atoms with Crippen LogP contribution in [-0.2, 0) is 6.42 Å². The van der Waals surface area contributed by atoms with E-state index in [-0.39, 0.29) is 0 Å². The van der Waals surface area contributed by atoms with Crippen molar-refractivity contribution in [2.45, 2.75) is 19.5 Å². The Labute approximate surface area is 115 Å². The monoisotopic (exact) mass is 289 g/mol. The highest BCUT2D eigenvalue weighted by Crippen LogP contribution is 2.25. The minimum Gasteiger partial charge on any atom is -0.409 e. The lowest BCUT2D eigenvalue weighted by molar-refractivity contribution is -0.154. The van der Waals surface area contributed by atoms with Gasteiger partial charge in [-0.25, -0.2) is 0 Å². The average molecular weight is 289 g/mol. The van der Waals surface area contributed by atoms with E-state index in [0.717, 1.165) is 11.1 Å². The molecule has 4 N–H and O–H groups in total. The maximum atomic E-state index is 12.6. The van der Waals surface area contributed by atoms with Crippen LogP contribution in [0, 0.1) is 12.8 Å². The van der Waals surface area contributed by atoms with E-state index in [2.05, 4.69) is 10.5 Å². The van der Waals surface area contributed by atoms with Crippen LogP contribution in [0.3, 0.4) is 0 Å². The Morgan fingerprint density at radius 2 is 2.15 bits per heavy atom. The van der Waals surface area contributed by atoms with Crippen molar-refractivity contribution >= 4 is 5.84 Å². The second-order valence-corrected chi connectivity index (χ2v) is 4.56. The highest BCUT2D eigenvalue weighted by Gasteiger charge is 2.42. The highest BCUT2D eigenvalue weighted by molar-refractivity contribution is 5.83. The molecule has 7 heteroatoms. The molecule has 0 aromatic heterocycles. The molecule has 0 spiro atoms. The van der Waals surface area contributed by atoms with E-state index in [1.54, 1.807) is 0 Å². The van der Waals surface area contributed by atoms with Gasteiger partial charge in [0.05, 0.1) is 0 Å². The van der Waals surface area contributed by atoms with Crippen LogP contribution >= 0.6 is 0 Å². The number of hydrogen-bond acceptors (Lipinski definition) is 3. The van der Waals surface area contributed by atoms with Gasteiger partial charge in [0.25, 0.3) is 0 Å². The van der Waals surface area contributed by atoms with E-state index in [1.165, 1.54) is 0 Å². The number of nitrogens with two attached hydrogens (primary N) is 1. The molecule has 1 atom stereocenters. The van der Waals surface area contributed by atoms with Gasteiger partial charge in [-0.3, -0.25) is 0 Å². The zero-order valence-electron chi connectivity index (χ0n) is 11.1. The number of benzene rings is 1. The first kappa shape index (κ1) is 16.3. The Kier molecular flexibility index (Phi) is 5.82. The molecule has 0 saturated carbocycles. The van der Waals surface area contributed by atoms with Gasteiger partial charge >= 0.3 is 6.18 Å². The Bertz CT molecular complexity index is 460. The Morgan fingerprint density at radius 1 is 1.45 bits per heavy atom. The number of nitrogens with zero attached hydrogens (tertiary/aromatic N) is 1. The molecule has 1 unspecified atom stereocenters. The second-order valence-electron chi connectivity index (χ2n) is 4.56. The summed E-state index contributed by atoms with van der Waals surface area (Å²) in [4.78, 5) is 0. The molecule has 0 amide bonds. The summed E-state index contributed by atoms with van der Waals surface area (Å²) < 4.78 is 37.9. The SMILES string of the molecule is Cc1cccc(CCNCC(/C(N)=N/O)C(F)(F)F)c1. The Hall–Kier alpha value is -1.76. The fourth-order valence-corrected chi connectivity index (χ4v) is 1.80. The predicted molar refractivity (Wildman–Crippen MR) is 70.7 cm³/mol. The molecular weight excluding hydrogens is 271 g/mol. The van der Waals surface area contributed by atoms with Gasteiger partial charge in [-0.2, -0.15) is 13.2 Å². The van der Waals surface area contributed by atoms with Gasteiger partial charge < -0.3 is 16.3 Å². The molecule has 0 aliphatic carbocycles. The van der Waals surface area contributed by atoms with E-state index >= 15 is 0 Å². The first-order valence-corrected chi connectivity index (χ1v) is 6.15. The summed E-state index contributed by atoms with van der Waals surface area (Å²) in [6.07, 6.45) is -3.92. The summed E-state index contributed by atoms with van der Waals surface area (Å²) in [7, 11) is 0. The van der Waals surface area contributed by atoms with Crippen LogP contribution in [-0.4, -0.2) is 30.3 Å². The molecule has 1 rings (SSSR count). The summed E-state index contributed by atoms with van der Waals surface area (Å²) in [6.45, 7) is 1.93. The van der Waals surface area contributed by atoms with Crippen LogP contribution in [0.4, 0.5) is 13.2 Å². The van der Waals surface area contributed by atoms with Crippen molar-refractivity contribution in [2.75, 3.05) is 13.1 Å². The van der Waals surface area contributed by atoms with E-state index < -0.39 is 24.5 Å². The van der Waals surface area contributed by atoms with Gasteiger partial charge in [-0.1, -0.05) is 35.0 Å². The Morgan fingerprint density at radius 3 is 2.70 bits per heavy atom. The lowest BCUT2D eigenvalue weighted by Crippen LogP contribution is -2.43. The molecular formula is C13H18F3N3O. The van der Waals surface area contributed by atoms with Gasteiger partial charge in [0.2, 0.25) is 0 Å². The van der Waals surface area contributed by atoms with Crippen molar-refractivity contribution in [1.29, 1.82) is 0 Å². The lowest BCUT2D eigenvalue weighted by Gasteiger charge is -2.19. The molecule has 0 fully saturated rings. The summed E-state index contributed by atoms with van der Waals surface area (Å²) in [5.74, 6) is -2.81. The number of aryl methyl sites for hydroxylation is 1. The summed E-state index contributed by atoms with van der Waals surface area (Å²) >= 11 is 0. The predicted octanol–water partition coefficient (Wildman–Crippen LogP) is 2.05. The summed E-state index contributed by atoms with van der Waals surface area (Å²) in [5, 5.41) is 13.5. The smallest absolute Gasteiger partial charge is 0.400 e. The third kappa shape index (κ3) is 5.08. The minimum absolute atomic E-state index is 0.384. The first-order chi connectivity index (χ1) is 9.34. The topological polar surface area (TPSA) is 70.6 Å². The number of hydrogen-bond donors (Lipinski definition) is 3. The summed E-state index contributed by atoms with van der Waals surface area (Å²) in [5.41, 5.74) is 7.21. The van der Waals surface area contributed by atoms with E-state index in [9.17, 15) is 13.2 Å². The van der Waals surface area contributed by atoms with Crippen molar-refractivity contribution in [3.63, 3.8) is 0 Å². The van der Waals surface area contributed by atoms with Gasteiger partial charge in [-0.05, 0) is 25.5 Å². The number of oxime groups is 1. The van der Waals surface area contributed by atoms with Crippen molar-refractivity contribution in [3.05, 3.63) is 35.4 Å². The van der Waals surface area contributed by atoms with Gasteiger partial charge in [-0.15, -0.1) is 0 Å². The summed E-state index contributed by atoms with van der Waals surface area (Å²) in [6, 6.07) is 7.75. The second kappa shape index (κ2) is 7.14. The van der Waals surface area contributed by atoms with E-state index in [0.29, 0.717) is 13.0 Å². The van der Waals surface area contributed by atoms with Crippen LogP contribution in [0.15, 0.2) is 29.4 Å². The molecule has 0 radical (unpaired) electrons. The molecule has 0 saturated heterocycles. The van der Waals surface area contributed by atoms with Crippen molar-refractivity contribution in [1.82, 2.24) is 5.32 Å².